The van der Waals surface area contributed by atoms with E-state index in [2.05, 4.69) is 0 Å². The Kier molecular flexibility index (Phi) is 5.11. The zero-order chi connectivity index (χ0) is 17.8. The molecule has 3 rings (SSSR count). The summed E-state index contributed by atoms with van der Waals surface area (Å²) in [5.41, 5.74) is 5.68. The van der Waals surface area contributed by atoms with Crippen molar-refractivity contribution >= 4 is 40.0 Å². The van der Waals surface area contributed by atoms with Crippen molar-refractivity contribution in [3.05, 3.63) is 78.7 Å². The summed E-state index contributed by atoms with van der Waals surface area (Å²) in [5.74, 6) is -0.259. The second-order valence-corrected chi connectivity index (χ2v) is 7.42. The van der Waals surface area contributed by atoms with Gasteiger partial charge in [0.1, 0.15) is 5.69 Å². The Morgan fingerprint density at radius 3 is 2.16 bits per heavy atom. The van der Waals surface area contributed by atoms with Crippen LogP contribution in [0.25, 0.3) is 0 Å². The third-order valence-corrected chi connectivity index (χ3v) is 5.34. The first-order valence-corrected chi connectivity index (χ1v) is 9.18. The smallest absolute Gasteiger partial charge is 0.292 e. The third-order valence-electron chi connectivity index (χ3n) is 3.61. The van der Waals surface area contributed by atoms with E-state index in [1.165, 1.54) is 18.2 Å². The first-order chi connectivity index (χ1) is 12.0. The summed E-state index contributed by atoms with van der Waals surface area (Å²) in [4.78, 5) is 27.3. The highest BCUT2D eigenvalue weighted by Gasteiger charge is 2.21. The summed E-state index contributed by atoms with van der Waals surface area (Å²) in [6, 6.07) is 12.0. The summed E-state index contributed by atoms with van der Waals surface area (Å²) in [6.07, 6.45) is 0. The van der Waals surface area contributed by atoms with Gasteiger partial charge in [-0.2, -0.15) is 0 Å². The molecule has 2 N–H and O–H groups in total. The minimum Gasteiger partial charge on any atom is -0.393 e. The molecule has 0 spiro atoms. The molecule has 0 saturated carbocycles. The maximum absolute atomic E-state index is 13.0. The number of nitrogens with zero attached hydrogens (tertiary/aromatic N) is 2. The molecule has 25 heavy (non-hydrogen) atoms. The van der Waals surface area contributed by atoms with Crippen LogP contribution in [-0.2, 0) is 13.1 Å². The standard InChI is InChI=1S/C17H15N3O3S2/c18-15-6-5-12(9-16(15)20(22)23)17(21)19(10-13-3-1-7-24-13)11-14-4-2-8-25-14/h1-9H,10-11,18H2. The molecule has 1 amide bonds. The predicted molar refractivity (Wildman–Crippen MR) is 99.7 cm³/mol. The number of nitrogen functional groups attached to an aromatic ring is 1. The zero-order valence-electron chi connectivity index (χ0n) is 13.1. The minimum absolute atomic E-state index is 0.0459. The summed E-state index contributed by atoms with van der Waals surface area (Å²) in [6.45, 7) is 0.902. The first-order valence-electron chi connectivity index (χ1n) is 7.42. The molecule has 0 bridgehead atoms. The predicted octanol–water partition coefficient (Wildman–Crippen LogP) is 4.14. The van der Waals surface area contributed by atoms with Gasteiger partial charge in [0.15, 0.2) is 0 Å². The second kappa shape index (κ2) is 7.45. The van der Waals surface area contributed by atoms with E-state index in [0.717, 1.165) is 9.75 Å². The molecule has 128 valence electrons. The number of anilines is 1. The van der Waals surface area contributed by atoms with Crippen molar-refractivity contribution in [3.8, 4) is 0 Å². The SMILES string of the molecule is Nc1ccc(C(=O)N(Cc2cccs2)Cc2cccs2)cc1[N+](=O)[O-]. The molecule has 0 atom stereocenters. The lowest BCUT2D eigenvalue weighted by atomic mass is 10.1. The molecule has 3 aromatic rings. The summed E-state index contributed by atoms with van der Waals surface area (Å²) in [7, 11) is 0. The zero-order valence-corrected chi connectivity index (χ0v) is 14.8. The van der Waals surface area contributed by atoms with Gasteiger partial charge in [0.05, 0.1) is 18.0 Å². The van der Waals surface area contributed by atoms with Crippen LogP contribution in [0.3, 0.4) is 0 Å². The van der Waals surface area contributed by atoms with Crippen LogP contribution in [0, 0.1) is 10.1 Å². The lowest BCUT2D eigenvalue weighted by Crippen LogP contribution is -2.29. The minimum atomic E-state index is -0.574. The van der Waals surface area contributed by atoms with Crippen molar-refractivity contribution in [1.82, 2.24) is 4.90 Å². The largest absolute Gasteiger partial charge is 0.393 e. The van der Waals surface area contributed by atoms with Crippen molar-refractivity contribution in [2.75, 3.05) is 5.73 Å². The van der Waals surface area contributed by atoms with Crippen LogP contribution in [0.4, 0.5) is 11.4 Å². The van der Waals surface area contributed by atoms with Crippen LogP contribution >= 0.6 is 22.7 Å². The number of hydrogen-bond donors (Lipinski definition) is 1. The third kappa shape index (κ3) is 4.04. The number of rotatable bonds is 6. The van der Waals surface area contributed by atoms with Crippen molar-refractivity contribution < 1.29 is 9.72 Å². The summed E-state index contributed by atoms with van der Waals surface area (Å²) < 4.78 is 0. The van der Waals surface area contributed by atoms with Crippen molar-refractivity contribution in [1.29, 1.82) is 0 Å². The van der Waals surface area contributed by atoms with Crippen LogP contribution in [0.5, 0.6) is 0 Å². The van der Waals surface area contributed by atoms with E-state index in [9.17, 15) is 14.9 Å². The number of carbonyl (C=O) groups is 1. The number of nitro groups is 1. The van der Waals surface area contributed by atoms with Crippen molar-refractivity contribution in [2.24, 2.45) is 0 Å². The lowest BCUT2D eigenvalue weighted by molar-refractivity contribution is -0.383. The molecular formula is C17H15N3O3S2. The van der Waals surface area contributed by atoms with Gasteiger partial charge in [-0.25, -0.2) is 0 Å². The molecule has 6 nitrogen and oxygen atoms in total. The molecule has 0 aliphatic carbocycles. The maximum atomic E-state index is 13.0. The van der Waals surface area contributed by atoms with E-state index in [1.807, 2.05) is 35.0 Å². The number of nitro benzene ring substituents is 1. The average Bonchev–Trinajstić information content (AvgIpc) is 3.27. The highest BCUT2D eigenvalue weighted by Crippen LogP contribution is 2.25. The molecule has 0 fully saturated rings. The molecule has 0 aliphatic rings. The van der Waals surface area contributed by atoms with Crippen molar-refractivity contribution in [3.63, 3.8) is 0 Å². The number of thiophene rings is 2. The van der Waals surface area contributed by atoms with E-state index < -0.39 is 4.92 Å². The van der Waals surface area contributed by atoms with Crippen LogP contribution in [-0.4, -0.2) is 15.7 Å². The molecule has 0 saturated heterocycles. The Morgan fingerprint density at radius 2 is 1.68 bits per heavy atom. The average molecular weight is 373 g/mol. The van der Waals surface area contributed by atoms with Gasteiger partial charge >= 0.3 is 0 Å². The molecular weight excluding hydrogens is 358 g/mol. The van der Waals surface area contributed by atoms with Gasteiger partial charge in [-0.3, -0.25) is 14.9 Å². The molecule has 0 aliphatic heterocycles. The number of carbonyl (C=O) groups excluding carboxylic acids is 1. The summed E-state index contributed by atoms with van der Waals surface area (Å²) in [5, 5.41) is 15.0. The van der Waals surface area contributed by atoms with Gasteiger partial charge in [-0.1, -0.05) is 12.1 Å². The van der Waals surface area contributed by atoms with Crippen LogP contribution in [0.15, 0.2) is 53.2 Å². The van der Waals surface area contributed by atoms with E-state index in [-0.39, 0.29) is 22.8 Å². The van der Waals surface area contributed by atoms with Gasteiger partial charge < -0.3 is 10.6 Å². The highest BCUT2D eigenvalue weighted by molar-refractivity contribution is 7.10. The van der Waals surface area contributed by atoms with Gasteiger partial charge in [0.25, 0.3) is 11.6 Å². The molecule has 1 aromatic carbocycles. The highest BCUT2D eigenvalue weighted by atomic mass is 32.1. The van der Waals surface area contributed by atoms with Crippen LogP contribution in [0.2, 0.25) is 0 Å². The quantitative estimate of drug-likeness (QED) is 0.399. The topological polar surface area (TPSA) is 89.5 Å². The normalized spacial score (nSPS) is 10.6. The summed E-state index contributed by atoms with van der Waals surface area (Å²) >= 11 is 3.14. The van der Waals surface area contributed by atoms with Gasteiger partial charge in [0.2, 0.25) is 0 Å². The Balaban J connectivity index is 1.90. The van der Waals surface area contributed by atoms with Gasteiger partial charge in [-0.05, 0) is 35.0 Å². The Bertz CT molecular complexity index is 840. The van der Waals surface area contributed by atoms with Gasteiger partial charge in [0, 0.05) is 21.4 Å². The fourth-order valence-corrected chi connectivity index (χ4v) is 3.84. The number of nitrogens with two attached hydrogens (primary N) is 1. The molecule has 2 heterocycles. The van der Waals surface area contributed by atoms with Crippen LogP contribution < -0.4 is 5.73 Å². The van der Waals surface area contributed by atoms with E-state index in [4.69, 9.17) is 5.73 Å². The fourth-order valence-electron chi connectivity index (χ4n) is 2.40. The molecule has 2 aromatic heterocycles. The Hall–Kier alpha value is -2.71. The monoisotopic (exact) mass is 373 g/mol. The number of benzene rings is 1. The fraction of sp³-hybridized carbons (Fsp3) is 0.118. The van der Waals surface area contributed by atoms with E-state index in [0.29, 0.717) is 13.1 Å². The number of hydrogen-bond acceptors (Lipinski definition) is 6. The Labute approximate surface area is 152 Å². The number of amides is 1. The maximum Gasteiger partial charge on any atom is 0.292 e. The molecule has 8 heteroatoms. The Morgan fingerprint density at radius 1 is 1.08 bits per heavy atom. The molecule has 0 radical (unpaired) electrons. The van der Waals surface area contributed by atoms with Gasteiger partial charge in [-0.15, -0.1) is 22.7 Å². The molecule has 0 unspecified atom stereocenters. The van der Waals surface area contributed by atoms with E-state index >= 15 is 0 Å². The lowest BCUT2D eigenvalue weighted by Gasteiger charge is -2.21. The van der Waals surface area contributed by atoms with Crippen molar-refractivity contribution in [2.45, 2.75) is 13.1 Å². The van der Waals surface area contributed by atoms with Crippen LogP contribution in [0.1, 0.15) is 20.1 Å². The second-order valence-electron chi connectivity index (χ2n) is 5.35. The first kappa shape index (κ1) is 17.1. The van der Waals surface area contributed by atoms with E-state index in [1.54, 1.807) is 27.6 Å².